The summed E-state index contributed by atoms with van der Waals surface area (Å²) in [4.78, 5) is 16.3. The summed E-state index contributed by atoms with van der Waals surface area (Å²) in [7, 11) is 0. The van der Waals surface area contributed by atoms with Crippen LogP contribution in [0.5, 0.6) is 5.75 Å². The number of para-hydroxylation sites is 1. The summed E-state index contributed by atoms with van der Waals surface area (Å²) >= 11 is 0. The summed E-state index contributed by atoms with van der Waals surface area (Å²) < 4.78 is 44.5. The topological polar surface area (TPSA) is 94.2 Å². The van der Waals surface area contributed by atoms with Gasteiger partial charge >= 0.3 is 6.61 Å². The van der Waals surface area contributed by atoms with E-state index in [1.807, 2.05) is 22.7 Å². The molecule has 3 aromatic heterocycles. The largest absolute Gasteiger partial charge is 0.435 e. The minimum atomic E-state index is -2.95. The number of imidazole rings is 1. The quantitative estimate of drug-likeness (QED) is 0.413. The number of pyridine rings is 1. The molecule has 5 heterocycles. The van der Waals surface area contributed by atoms with Gasteiger partial charge in [0.25, 0.3) is 0 Å². The highest BCUT2D eigenvalue weighted by Gasteiger charge is 2.45. The van der Waals surface area contributed by atoms with Gasteiger partial charge in [0.15, 0.2) is 0 Å². The monoisotopic (exact) mass is 535 g/mol. The molecular weight excluding hydrogens is 508 g/mol. The Morgan fingerprint density at radius 2 is 1.69 bits per heavy atom. The van der Waals surface area contributed by atoms with E-state index in [-0.39, 0.29) is 17.8 Å². The number of morpholine rings is 2. The molecule has 0 spiro atoms. The van der Waals surface area contributed by atoms with E-state index in [1.165, 1.54) is 6.07 Å². The van der Waals surface area contributed by atoms with Crippen LogP contribution in [-0.4, -0.2) is 69.6 Å². The molecule has 0 radical (unpaired) electrons. The molecular formula is C28H27F2N5O4. The first-order valence-corrected chi connectivity index (χ1v) is 12.9. The van der Waals surface area contributed by atoms with Crippen LogP contribution in [0.15, 0.2) is 55.0 Å². The number of hydrogen-bond donors (Lipinski definition) is 1. The molecule has 7 rings (SSSR count). The molecule has 2 atom stereocenters. The number of alkyl halides is 2. The van der Waals surface area contributed by atoms with Gasteiger partial charge < -0.3 is 28.6 Å². The van der Waals surface area contributed by atoms with Crippen LogP contribution in [0.2, 0.25) is 0 Å². The number of fused-ring (bicyclic) bond motifs is 5. The van der Waals surface area contributed by atoms with Gasteiger partial charge in [0.05, 0.1) is 49.9 Å². The van der Waals surface area contributed by atoms with Gasteiger partial charge in [0, 0.05) is 41.2 Å². The molecule has 0 unspecified atom stereocenters. The molecule has 39 heavy (non-hydrogen) atoms. The average Bonchev–Trinajstić information content (AvgIpc) is 3.43. The Morgan fingerprint density at radius 1 is 1.00 bits per heavy atom. The highest BCUT2D eigenvalue weighted by Crippen LogP contribution is 2.49. The van der Waals surface area contributed by atoms with E-state index in [2.05, 4.69) is 14.9 Å². The van der Waals surface area contributed by atoms with Crippen LogP contribution in [0.4, 0.5) is 14.7 Å². The van der Waals surface area contributed by atoms with Gasteiger partial charge in [-0.15, -0.1) is 0 Å². The van der Waals surface area contributed by atoms with Crippen molar-refractivity contribution in [3.8, 4) is 16.9 Å². The number of benzene rings is 1. The molecule has 2 fully saturated rings. The fraction of sp³-hybridized carbons (Fsp3) is 0.393. The first kappa shape index (κ1) is 24.4. The van der Waals surface area contributed by atoms with Crippen molar-refractivity contribution in [3.63, 3.8) is 0 Å². The molecule has 2 bridgehead atoms. The van der Waals surface area contributed by atoms with Gasteiger partial charge in [-0.1, -0.05) is 18.2 Å². The fourth-order valence-corrected chi connectivity index (χ4v) is 6.11. The lowest BCUT2D eigenvalue weighted by atomic mass is 9.93. The van der Waals surface area contributed by atoms with Crippen molar-refractivity contribution in [3.05, 3.63) is 71.9 Å². The Balaban J connectivity index is 1.27. The zero-order valence-electron chi connectivity index (χ0n) is 21.2. The van der Waals surface area contributed by atoms with Gasteiger partial charge in [-0.2, -0.15) is 8.78 Å². The molecule has 0 amide bonds. The molecule has 1 aromatic carbocycles. The summed E-state index contributed by atoms with van der Waals surface area (Å²) in [5.41, 5.74) is 2.97. The molecule has 2 saturated heterocycles. The molecule has 0 saturated carbocycles. The van der Waals surface area contributed by atoms with E-state index in [4.69, 9.17) is 19.2 Å². The highest BCUT2D eigenvalue weighted by molar-refractivity contribution is 5.65. The number of aromatic nitrogens is 4. The third-order valence-corrected chi connectivity index (χ3v) is 7.84. The number of ether oxygens (including phenoxy) is 3. The molecule has 4 aromatic rings. The normalized spacial score (nSPS) is 26.3. The summed E-state index contributed by atoms with van der Waals surface area (Å²) in [5, 5.41) is 11.3. The van der Waals surface area contributed by atoms with E-state index >= 15 is 0 Å². The van der Waals surface area contributed by atoms with Gasteiger partial charge in [-0.25, -0.2) is 15.0 Å². The Morgan fingerprint density at radius 3 is 2.38 bits per heavy atom. The second-order valence-corrected chi connectivity index (χ2v) is 10.5. The van der Waals surface area contributed by atoms with Gasteiger partial charge in [-0.3, -0.25) is 0 Å². The van der Waals surface area contributed by atoms with Crippen LogP contribution in [0.1, 0.15) is 36.2 Å². The van der Waals surface area contributed by atoms with Crippen LogP contribution in [0.25, 0.3) is 16.8 Å². The number of anilines is 1. The molecule has 9 nitrogen and oxygen atoms in total. The lowest BCUT2D eigenvalue weighted by Gasteiger charge is -2.45. The molecule has 1 N–H and O–H groups in total. The van der Waals surface area contributed by atoms with E-state index in [0.717, 1.165) is 16.8 Å². The van der Waals surface area contributed by atoms with Crippen molar-refractivity contribution < 1.29 is 28.1 Å². The SMILES string of the molecule is C[C@@]1(O)C[C@@H](c2ccccc2OC(F)F)c2c1nc1ccc(-c3cnc(N4C5COCC4COC5)nc3)cn21. The molecule has 202 valence electrons. The van der Waals surface area contributed by atoms with Gasteiger partial charge in [-0.05, 0) is 31.5 Å². The van der Waals surface area contributed by atoms with Crippen LogP contribution >= 0.6 is 0 Å². The molecule has 11 heteroatoms. The maximum Gasteiger partial charge on any atom is 0.387 e. The van der Waals surface area contributed by atoms with Crippen molar-refractivity contribution in [2.45, 2.75) is 43.6 Å². The summed E-state index contributed by atoms with van der Waals surface area (Å²) in [6.07, 6.45) is 5.82. The Hall–Kier alpha value is -3.67. The second-order valence-electron chi connectivity index (χ2n) is 10.5. The van der Waals surface area contributed by atoms with E-state index in [1.54, 1.807) is 37.5 Å². The van der Waals surface area contributed by atoms with Crippen molar-refractivity contribution in [2.24, 2.45) is 0 Å². The van der Waals surface area contributed by atoms with Crippen LogP contribution in [0, 0.1) is 0 Å². The van der Waals surface area contributed by atoms with Crippen molar-refractivity contribution in [2.75, 3.05) is 31.3 Å². The zero-order chi connectivity index (χ0) is 26.7. The minimum absolute atomic E-state index is 0.0922. The summed E-state index contributed by atoms with van der Waals surface area (Å²) in [6, 6.07) is 10.7. The van der Waals surface area contributed by atoms with Crippen molar-refractivity contribution in [1.29, 1.82) is 0 Å². The lowest BCUT2D eigenvalue weighted by molar-refractivity contribution is -0.0506. The van der Waals surface area contributed by atoms with E-state index in [9.17, 15) is 13.9 Å². The van der Waals surface area contributed by atoms with Crippen LogP contribution in [0.3, 0.4) is 0 Å². The third kappa shape index (κ3) is 4.12. The Labute approximate surface area is 223 Å². The zero-order valence-corrected chi connectivity index (χ0v) is 21.2. The van der Waals surface area contributed by atoms with Gasteiger partial charge in [0.1, 0.15) is 17.0 Å². The van der Waals surface area contributed by atoms with Crippen molar-refractivity contribution >= 4 is 11.6 Å². The Kier molecular flexibility index (Phi) is 5.76. The van der Waals surface area contributed by atoms with Gasteiger partial charge in [0.2, 0.25) is 5.95 Å². The van der Waals surface area contributed by atoms with Crippen LogP contribution < -0.4 is 9.64 Å². The summed E-state index contributed by atoms with van der Waals surface area (Å²) in [5.74, 6) is 0.350. The van der Waals surface area contributed by atoms with Crippen molar-refractivity contribution in [1.82, 2.24) is 19.4 Å². The summed E-state index contributed by atoms with van der Waals surface area (Å²) in [6.45, 7) is 1.09. The maximum absolute atomic E-state index is 13.2. The number of halogens is 2. The maximum atomic E-state index is 13.2. The lowest BCUT2D eigenvalue weighted by Crippen LogP contribution is -2.60. The fourth-order valence-electron chi connectivity index (χ4n) is 6.11. The van der Waals surface area contributed by atoms with E-state index in [0.29, 0.717) is 55.7 Å². The highest BCUT2D eigenvalue weighted by atomic mass is 19.3. The molecule has 3 aliphatic rings. The Bertz CT molecular complexity index is 1500. The van der Waals surface area contributed by atoms with E-state index < -0.39 is 18.1 Å². The number of rotatable bonds is 5. The number of nitrogens with zero attached hydrogens (tertiary/aromatic N) is 5. The number of aliphatic hydroxyl groups is 1. The standard InChI is InChI=1S/C28H27F2N5O4/c1-28(36)8-21(20-4-2-3-5-22(20)39-26(29)30)24-25(28)33-23-7-6-16(11-34(23)24)17-9-31-27(32-10-17)35-18-12-37-14-19(35)15-38-13-18/h2-7,9-11,18-19,21,26,36H,8,12-15H2,1H3/t18?,19?,21-,28+/m0/s1. The smallest absolute Gasteiger partial charge is 0.387 e. The molecule has 2 aliphatic heterocycles. The predicted molar refractivity (Wildman–Crippen MR) is 137 cm³/mol. The average molecular weight is 536 g/mol. The molecule has 1 aliphatic carbocycles. The second kappa shape index (κ2) is 9.22. The predicted octanol–water partition coefficient (Wildman–Crippen LogP) is 3.74. The van der Waals surface area contributed by atoms with Crippen LogP contribution in [-0.2, 0) is 15.1 Å². The number of hydrogen-bond acceptors (Lipinski definition) is 8. The third-order valence-electron chi connectivity index (χ3n) is 7.84. The minimum Gasteiger partial charge on any atom is -0.435 e. The first-order valence-electron chi connectivity index (χ1n) is 12.9. The first-order chi connectivity index (χ1) is 18.9.